The fourth-order valence-electron chi connectivity index (χ4n) is 4.83. The molecule has 0 spiro atoms. The van der Waals surface area contributed by atoms with E-state index in [9.17, 15) is 4.79 Å². The Balaban J connectivity index is 1.35. The topological polar surface area (TPSA) is 41.6 Å². The molecular formula is C26H34N2O2S. The third kappa shape index (κ3) is 5.45. The van der Waals surface area contributed by atoms with Crippen LogP contribution >= 0.6 is 11.8 Å². The second-order valence-corrected chi connectivity index (χ2v) is 10.2. The molecule has 2 aromatic carbocycles. The lowest BCUT2D eigenvalue weighted by molar-refractivity contribution is 0.0926. The van der Waals surface area contributed by atoms with E-state index in [1.807, 2.05) is 6.07 Å². The van der Waals surface area contributed by atoms with Crippen molar-refractivity contribution in [1.82, 2.24) is 10.2 Å². The first kappa shape index (κ1) is 22.2. The van der Waals surface area contributed by atoms with Crippen LogP contribution in [0.4, 0.5) is 0 Å². The standard InChI is InChI=1S/C26H34N2O2S/c1-26(2)17-20-15-22(31-3)16-23(24(20)30-26)25(29)27-18-21-12-8-14-28(21)13-7-11-19-9-5-4-6-10-19/h4-6,9-10,15-16,21H,7-8,11-14,17-18H2,1-3H3,(H,27,29)/t21-/m1/s1. The van der Waals surface area contributed by atoms with E-state index >= 15 is 0 Å². The molecule has 0 radical (unpaired) electrons. The number of rotatable bonds is 8. The molecule has 1 atom stereocenters. The van der Waals surface area contributed by atoms with Crippen molar-refractivity contribution < 1.29 is 9.53 Å². The van der Waals surface area contributed by atoms with Crippen molar-refractivity contribution in [3.63, 3.8) is 0 Å². The van der Waals surface area contributed by atoms with Crippen LogP contribution in [0.5, 0.6) is 5.75 Å². The van der Waals surface area contributed by atoms with Crippen LogP contribution in [0.2, 0.25) is 0 Å². The van der Waals surface area contributed by atoms with Crippen molar-refractivity contribution in [1.29, 1.82) is 0 Å². The Kier molecular flexibility index (Phi) is 6.92. The summed E-state index contributed by atoms with van der Waals surface area (Å²) in [6.07, 6.45) is 7.52. The third-order valence-corrected chi connectivity index (χ3v) is 7.07. The minimum absolute atomic E-state index is 0.0130. The Morgan fingerprint density at radius 1 is 1.26 bits per heavy atom. The first-order chi connectivity index (χ1) is 14.9. The number of amides is 1. The third-order valence-electron chi connectivity index (χ3n) is 6.37. The van der Waals surface area contributed by atoms with Crippen LogP contribution in [0.1, 0.15) is 54.6 Å². The summed E-state index contributed by atoms with van der Waals surface area (Å²) < 4.78 is 6.15. The lowest BCUT2D eigenvalue weighted by Crippen LogP contribution is -2.40. The summed E-state index contributed by atoms with van der Waals surface area (Å²) >= 11 is 1.67. The molecule has 2 aliphatic heterocycles. The molecule has 5 heteroatoms. The van der Waals surface area contributed by atoms with Gasteiger partial charge in [-0.2, -0.15) is 0 Å². The average molecular weight is 439 g/mol. The first-order valence-electron chi connectivity index (χ1n) is 11.4. The van der Waals surface area contributed by atoms with Crippen LogP contribution in [0.15, 0.2) is 47.4 Å². The smallest absolute Gasteiger partial charge is 0.255 e. The molecule has 4 rings (SSSR count). The van der Waals surface area contributed by atoms with Gasteiger partial charge in [0, 0.05) is 29.5 Å². The van der Waals surface area contributed by atoms with Gasteiger partial charge in [-0.1, -0.05) is 30.3 Å². The fraction of sp³-hybridized carbons (Fsp3) is 0.500. The highest BCUT2D eigenvalue weighted by atomic mass is 32.2. The van der Waals surface area contributed by atoms with Gasteiger partial charge in [0.05, 0.1) is 5.56 Å². The number of nitrogens with one attached hydrogen (secondary N) is 1. The minimum Gasteiger partial charge on any atom is -0.486 e. The molecule has 31 heavy (non-hydrogen) atoms. The van der Waals surface area contributed by atoms with Crippen molar-refractivity contribution >= 4 is 17.7 Å². The zero-order chi connectivity index (χ0) is 21.8. The number of hydrogen-bond donors (Lipinski definition) is 1. The molecule has 1 N–H and O–H groups in total. The Hall–Kier alpha value is -1.98. The van der Waals surface area contributed by atoms with Crippen LogP contribution in [0.25, 0.3) is 0 Å². The van der Waals surface area contributed by atoms with E-state index in [-0.39, 0.29) is 11.5 Å². The summed E-state index contributed by atoms with van der Waals surface area (Å²) in [6, 6.07) is 15.3. The number of benzene rings is 2. The van der Waals surface area contributed by atoms with Crippen molar-refractivity contribution in [2.24, 2.45) is 0 Å². The SMILES string of the molecule is CSc1cc2c(c(C(=O)NC[C@H]3CCCN3CCCc3ccccc3)c1)OC(C)(C)C2. The highest BCUT2D eigenvalue weighted by Crippen LogP contribution is 2.40. The predicted octanol–water partition coefficient (Wildman–Crippen LogP) is 4.95. The molecule has 1 fully saturated rings. The number of carbonyl (C=O) groups is 1. The summed E-state index contributed by atoms with van der Waals surface area (Å²) in [4.78, 5) is 16.8. The van der Waals surface area contributed by atoms with E-state index in [1.54, 1.807) is 11.8 Å². The number of ether oxygens (including phenoxy) is 1. The van der Waals surface area contributed by atoms with Gasteiger partial charge in [-0.25, -0.2) is 0 Å². The minimum atomic E-state index is -0.255. The van der Waals surface area contributed by atoms with Crippen molar-refractivity contribution in [3.8, 4) is 5.75 Å². The number of carbonyl (C=O) groups excluding carboxylic acids is 1. The van der Waals surface area contributed by atoms with E-state index in [0.29, 0.717) is 18.2 Å². The van der Waals surface area contributed by atoms with Crippen LogP contribution in [-0.4, -0.2) is 48.3 Å². The monoisotopic (exact) mass is 438 g/mol. The normalized spacial score (nSPS) is 19.8. The Bertz CT molecular complexity index is 913. The maximum atomic E-state index is 13.1. The van der Waals surface area contributed by atoms with Crippen LogP contribution < -0.4 is 10.1 Å². The molecule has 166 valence electrons. The van der Waals surface area contributed by atoms with Gasteiger partial charge in [0.1, 0.15) is 11.4 Å². The number of likely N-dealkylation sites (tertiary alicyclic amines) is 1. The lowest BCUT2D eigenvalue weighted by atomic mass is 10.0. The summed E-state index contributed by atoms with van der Waals surface area (Å²) in [5, 5.41) is 3.22. The summed E-state index contributed by atoms with van der Waals surface area (Å²) in [5.74, 6) is 0.757. The Morgan fingerprint density at radius 3 is 2.84 bits per heavy atom. The highest BCUT2D eigenvalue weighted by Gasteiger charge is 2.34. The van der Waals surface area contributed by atoms with Crippen LogP contribution in [-0.2, 0) is 12.8 Å². The first-order valence-corrected chi connectivity index (χ1v) is 12.6. The maximum Gasteiger partial charge on any atom is 0.255 e. The molecule has 0 bridgehead atoms. The number of fused-ring (bicyclic) bond motifs is 1. The maximum absolute atomic E-state index is 13.1. The van der Waals surface area contributed by atoms with Gasteiger partial charge in [0.15, 0.2) is 0 Å². The van der Waals surface area contributed by atoms with E-state index in [1.165, 1.54) is 12.0 Å². The quantitative estimate of drug-likeness (QED) is 0.592. The molecule has 0 aromatic heterocycles. The van der Waals surface area contributed by atoms with Crippen molar-refractivity contribution in [3.05, 3.63) is 59.2 Å². The number of aryl methyl sites for hydroxylation is 1. The second kappa shape index (κ2) is 9.66. The summed E-state index contributed by atoms with van der Waals surface area (Å²) in [5.41, 5.74) is 2.97. The van der Waals surface area contributed by atoms with Gasteiger partial charge >= 0.3 is 0 Å². The van der Waals surface area contributed by atoms with Crippen LogP contribution in [0, 0.1) is 0 Å². The molecule has 1 saturated heterocycles. The van der Waals surface area contributed by atoms with Crippen LogP contribution in [0.3, 0.4) is 0 Å². The van der Waals surface area contributed by atoms with Crippen molar-refractivity contribution in [2.45, 2.75) is 62.5 Å². The summed E-state index contributed by atoms with van der Waals surface area (Å²) in [6.45, 7) is 7.08. The number of hydrogen-bond acceptors (Lipinski definition) is 4. The molecule has 2 aromatic rings. The van der Waals surface area contributed by atoms with Gasteiger partial charge in [-0.15, -0.1) is 11.8 Å². The average Bonchev–Trinajstić information content (AvgIpc) is 3.33. The van der Waals surface area contributed by atoms with Gasteiger partial charge in [0.2, 0.25) is 0 Å². The fourth-order valence-corrected chi connectivity index (χ4v) is 5.32. The highest BCUT2D eigenvalue weighted by molar-refractivity contribution is 7.98. The molecule has 1 amide bonds. The van der Waals surface area contributed by atoms with E-state index in [0.717, 1.165) is 55.0 Å². The molecule has 0 saturated carbocycles. The molecular weight excluding hydrogens is 404 g/mol. The predicted molar refractivity (Wildman–Crippen MR) is 128 cm³/mol. The van der Waals surface area contributed by atoms with Gasteiger partial charge in [0.25, 0.3) is 5.91 Å². The zero-order valence-electron chi connectivity index (χ0n) is 18.9. The molecule has 4 nitrogen and oxygen atoms in total. The van der Waals surface area contributed by atoms with E-state index < -0.39 is 0 Å². The molecule has 2 heterocycles. The van der Waals surface area contributed by atoms with E-state index in [2.05, 4.69) is 66.7 Å². The number of thioether (sulfide) groups is 1. The van der Waals surface area contributed by atoms with E-state index in [4.69, 9.17) is 4.74 Å². The molecule has 0 aliphatic carbocycles. The largest absolute Gasteiger partial charge is 0.486 e. The Morgan fingerprint density at radius 2 is 2.06 bits per heavy atom. The summed E-state index contributed by atoms with van der Waals surface area (Å²) in [7, 11) is 0. The second-order valence-electron chi connectivity index (χ2n) is 9.33. The van der Waals surface area contributed by atoms with Crippen molar-refractivity contribution in [2.75, 3.05) is 25.9 Å². The molecule has 2 aliphatic rings. The zero-order valence-corrected chi connectivity index (χ0v) is 19.8. The van der Waals surface area contributed by atoms with Gasteiger partial charge in [-0.3, -0.25) is 9.69 Å². The molecule has 0 unspecified atom stereocenters. The van der Waals surface area contributed by atoms with Gasteiger partial charge in [-0.05, 0) is 76.6 Å². The number of nitrogens with zero attached hydrogens (tertiary/aromatic N) is 1. The lowest BCUT2D eigenvalue weighted by Gasteiger charge is -2.25. The van der Waals surface area contributed by atoms with Gasteiger partial charge < -0.3 is 10.1 Å². The Labute approximate surface area is 190 Å².